The van der Waals surface area contributed by atoms with Gasteiger partial charge in [-0.25, -0.2) is 9.07 Å². The third kappa shape index (κ3) is 3.73. The van der Waals surface area contributed by atoms with E-state index < -0.39 is 0 Å². The Balaban J connectivity index is 1.51. The molecule has 0 spiro atoms. The maximum Gasteiger partial charge on any atom is 0.259 e. The number of benzene rings is 2. The predicted molar refractivity (Wildman–Crippen MR) is 121 cm³/mol. The highest BCUT2D eigenvalue weighted by atomic mass is 19.1. The summed E-state index contributed by atoms with van der Waals surface area (Å²) < 4.78 is 27.8. The lowest BCUT2D eigenvalue weighted by Crippen LogP contribution is -2.36. The van der Waals surface area contributed by atoms with Gasteiger partial charge in [0.05, 0.1) is 26.1 Å². The highest BCUT2D eigenvalue weighted by molar-refractivity contribution is 5.97. The number of carbonyl (C=O) groups is 1. The monoisotopic (exact) mass is 446 g/mol. The minimum absolute atomic E-state index is 0.118. The zero-order chi connectivity index (χ0) is 22.9. The van der Waals surface area contributed by atoms with E-state index in [0.29, 0.717) is 48.1 Å². The second-order valence-corrected chi connectivity index (χ2v) is 7.81. The van der Waals surface area contributed by atoms with Gasteiger partial charge in [0, 0.05) is 25.5 Å². The number of hydrogen-bond donors (Lipinski definition) is 0. The molecule has 0 radical (unpaired) electrons. The van der Waals surface area contributed by atoms with E-state index in [1.54, 1.807) is 37.2 Å². The zero-order valence-corrected chi connectivity index (χ0v) is 18.4. The van der Waals surface area contributed by atoms with Gasteiger partial charge in [-0.1, -0.05) is 0 Å². The average Bonchev–Trinajstić information content (AvgIpc) is 3.52. The van der Waals surface area contributed by atoms with Crippen LogP contribution in [0.3, 0.4) is 0 Å². The van der Waals surface area contributed by atoms with Crippen LogP contribution >= 0.6 is 0 Å². The summed E-state index contributed by atoms with van der Waals surface area (Å²) in [6, 6.07) is 13.7. The minimum Gasteiger partial charge on any atom is -0.493 e. The third-order valence-corrected chi connectivity index (χ3v) is 5.90. The summed E-state index contributed by atoms with van der Waals surface area (Å²) in [6.07, 6.45) is 6.00. The van der Waals surface area contributed by atoms with E-state index >= 15 is 0 Å². The van der Waals surface area contributed by atoms with Crippen LogP contribution < -0.4 is 9.47 Å². The molecule has 8 heteroatoms. The molecular formula is C25H23FN4O3. The second-order valence-electron chi connectivity index (χ2n) is 7.81. The van der Waals surface area contributed by atoms with Gasteiger partial charge in [-0.3, -0.25) is 4.79 Å². The molecule has 0 saturated carbocycles. The lowest BCUT2D eigenvalue weighted by Gasteiger charge is -2.29. The summed E-state index contributed by atoms with van der Waals surface area (Å²) in [5.41, 5.74) is 3.31. The van der Waals surface area contributed by atoms with E-state index in [9.17, 15) is 9.18 Å². The molecule has 0 bridgehead atoms. The fourth-order valence-electron chi connectivity index (χ4n) is 4.22. The van der Waals surface area contributed by atoms with Crippen LogP contribution in [0, 0.1) is 5.82 Å². The van der Waals surface area contributed by atoms with Gasteiger partial charge >= 0.3 is 0 Å². The fourth-order valence-corrected chi connectivity index (χ4v) is 4.22. The predicted octanol–water partition coefficient (Wildman–Crippen LogP) is 4.02. The van der Waals surface area contributed by atoms with Crippen LogP contribution in [0.15, 0.2) is 67.1 Å². The van der Waals surface area contributed by atoms with Crippen LogP contribution in [-0.4, -0.2) is 45.9 Å². The SMILES string of the molecule is COc1cc2c(cc1OC)CN(C(=O)c1cnn(-c3ccc(F)cc3)c1-n1cccc1)CC2. The van der Waals surface area contributed by atoms with Crippen LogP contribution in [0.1, 0.15) is 21.5 Å². The lowest BCUT2D eigenvalue weighted by atomic mass is 9.98. The Bertz CT molecular complexity index is 1300. The van der Waals surface area contributed by atoms with Crippen molar-refractivity contribution in [2.45, 2.75) is 13.0 Å². The smallest absolute Gasteiger partial charge is 0.259 e. The number of rotatable bonds is 5. The number of fused-ring (bicyclic) bond motifs is 1. The summed E-state index contributed by atoms with van der Waals surface area (Å²) in [4.78, 5) is 15.5. The van der Waals surface area contributed by atoms with Crippen molar-refractivity contribution in [2.75, 3.05) is 20.8 Å². The molecule has 2 aromatic heterocycles. The highest BCUT2D eigenvalue weighted by Gasteiger charge is 2.28. The number of halogens is 1. The van der Waals surface area contributed by atoms with E-state index in [1.807, 2.05) is 46.1 Å². The highest BCUT2D eigenvalue weighted by Crippen LogP contribution is 2.34. The molecule has 7 nitrogen and oxygen atoms in total. The van der Waals surface area contributed by atoms with Crippen molar-refractivity contribution in [3.63, 3.8) is 0 Å². The maximum atomic E-state index is 13.6. The fraction of sp³-hybridized carbons (Fsp3) is 0.200. The molecule has 1 aliphatic rings. The molecule has 3 heterocycles. The Morgan fingerprint density at radius 2 is 1.67 bits per heavy atom. The number of aromatic nitrogens is 3. The van der Waals surface area contributed by atoms with E-state index in [4.69, 9.17) is 9.47 Å². The normalized spacial score (nSPS) is 13.0. The van der Waals surface area contributed by atoms with E-state index in [1.165, 1.54) is 12.1 Å². The molecule has 5 rings (SSSR count). The molecule has 1 amide bonds. The van der Waals surface area contributed by atoms with Crippen molar-refractivity contribution in [3.05, 3.63) is 89.6 Å². The number of nitrogens with zero attached hydrogens (tertiary/aromatic N) is 4. The van der Waals surface area contributed by atoms with Gasteiger partial charge < -0.3 is 18.9 Å². The lowest BCUT2D eigenvalue weighted by molar-refractivity contribution is 0.0734. The summed E-state index contributed by atoms with van der Waals surface area (Å²) in [5.74, 6) is 1.49. The number of carbonyl (C=O) groups excluding carboxylic acids is 1. The largest absolute Gasteiger partial charge is 0.493 e. The third-order valence-electron chi connectivity index (χ3n) is 5.90. The molecule has 2 aromatic carbocycles. The first-order chi connectivity index (χ1) is 16.1. The van der Waals surface area contributed by atoms with Crippen LogP contribution in [0.5, 0.6) is 11.5 Å². The second kappa shape index (κ2) is 8.46. The van der Waals surface area contributed by atoms with Gasteiger partial charge in [-0.2, -0.15) is 5.10 Å². The molecule has 0 N–H and O–H groups in total. The average molecular weight is 446 g/mol. The molecular weight excluding hydrogens is 423 g/mol. The number of hydrogen-bond acceptors (Lipinski definition) is 4. The van der Waals surface area contributed by atoms with E-state index in [0.717, 1.165) is 11.1 Å². The first-order valence-electron chi connectivity index (χ1n) is 10.6. The van der Waals surface area contributed by atoms with E-state index in [-0.39, 0.29) is 11.7 Å². The molecule has 0 unspecified atom stereocenters. The Hall–Kier alpha value is -4.07. The van der Waals surface area contributed by atoms with Gasteiger partial charge in [0.15, 0.2) is 17.3 Å². The molecule has 33 heavy (non-hydrogen) atoms. The molecule has 0 aliphatic carbocycles. The maximum absolute atomic E-state index is 13.6. The molecule has 0 fully saturated rings. The van der Waals surface area contributed by atoms with Gasteiger partial charge in [-0.15, -0.1) is 0 Å². The summed E-state index contributed by atoms with van der Waals surface area (Å²) >= 11 is 0. The van der Waals surface area contributed by atoms with Crippen molar-refractivity contribution >= 4 is 5.91 Å². The Morgan fingerprint density at radius 1 is 1.00 bits per heavy atom. The Labute approximate surface area is 190 Å². The molecule has 4 aromatic rings. The van der Waals surface area contributed by atoms with Crippen LogP contribution in [-0.2, 0) is 13.0 Å². The zero-order valence-electron chi connectivity index (χ0n) is 18.4. The van der Waals surface area contributed by atoms with Crippen LogP contribution in [0.4, 0.5) is 4.39 Å². The van der Waals surface area contributed by atoms with Crippen LogP contribution in [0.25, 0.3) is 11.5 Å². The first kappa shape index (κ1) is 20.8. The number of methoxy groups -OCH3 is 2. The van der Waals surface area contributed by atoms with Gasteiger partial charge in [-0.05, 0) is 66.1 Å². The molecule has 1 aliphatic heterocycles. The summed E-state index contributed by atoms with van der Waals surface area (Å²) in [7, 11) is 3.22. The van der Waals surface area contributed by atoms with Gasteiger partial charge in [0.25, 0.3) is 5.91 Å². The van der Waals surface area contributed by atoms with Gasteiger partial charge in [0.1, 0.15) is 11.4 Å². The van der Waals surface area contributed by atoms with E-state index in [2.05, 4.69) is 5.10 Å². The Kier molecular flexibility index (Phi) is 5.34. The minimum atomic E-state index is -0.330. The molecule has 0 atom stereocenters. The van der Waals surface area contributed by atoms with Crippen molar-refractivity contribution in [2.24, 2.45) is 0 Å². The van der Waals surface area contributed by atoms with Crippen molar-refractivity contribution in [3.8, 4) is 23.0 Å². The van der Waals surface area contributed by atoms with Crippen LogP contribution in [0.2, 0.25) is 0 Å². The number of amides is 1. The van der Waals surface area contributed by atoms with Crippen molar-refractivity contribution in [1.29, 1.82) is 0 Å². The Morgan fingerprint density at radius 3 is 2.33 bits per heavy atom. The van der Waals surface area contributed by atoms with Crippen molar-refractivity contribution < 1.29 is 18.7 Å². The topological polar surface area (TPSA) is 61.5 Å². The molecule has 168 valence electrons. The first-order valence-corrected chi connectivity index (χ1v) is 10.6. The molecule has 0 saturated heterocycles. The summed E-state index contributed by atoms with van der Waals surface area (Å²) in [5, 5.41) is 4.47. The summed E-state index contributed by atoms with van der Waals surface area (Å²) in [6.45, 7) is 1.04. The standard InChI is InChI=1S/C25H23FN4O3/c1-32-22-13-17-9-12-29(16-18(17)14-23(22)33-2)25(31)21-15-27-30(20-7-5-19(26)6-8-20)24(21)28-10-3-4-11-28/h3-8,10-11,13-15H,9,12,16H2,1-2H3. The quantitative estimate of drug-likeness (QED) is 0.465. The number of ether oxygens (including phenoxy) is 2. The van der Waals surface area contributed by atoms with Gasteiger partial charge in [0.2, 0.25) is 0 Å². The van der Waals surface area contributed by atoms with Crippen molar-refractivity contribution in [1.82, 2.24) is 19.2 Å².